The number of nitrogen functional groups attached to an aromatic ring is 1. The first-order valence-electron chi connectivity index (χ1n) is 6.78. The summed E-state index contributed by atoms with van der Waals surface area (Å²) in [5.41, 5.74) is 8.01. The van der Waals surface area contributed by atoms with Crippen molar-refractivity contribution in [2.45, 2.75) is 18.9 Å². The first-order chi connectivity index (χ1) is 10.1. The largest absolute Gasteiger partial charge is 0.397 e. The molecule has 1 aliphatic heterocycles. The van der Waals surface area contributed by atoms with Crippen molar-refractivity contribution in [2.24, 2.45) is 0 Å². The van der Waals surface area contributed by atoms with E-state index in [2.05, 4.69) is 10.3 Å². The molecule has 1 atom stereocenters. The number of hydrogen-bond acceptors (Lipinski definition) is 5. The number of imide groups is 1. The van der Waals surface area contributed by atoms with Gasteiger partial charge in [-0.1, -0.05) is 12.1 Å². The van der Waals surface area contributed by atoms with E-state index in [1.54, 1.807) is 12.3 Å². The zero-order chi connectivity index (χ0) is 15.0. The number of pyridine rings is 1. The number of hydrogen-bond donors (Lipinski definition) is 2. The number of carbonyl (C=O) groups excluding carboxylic acids is 2. The Labute approximate surface area is 121 Å². The van der Waals surface area contributed by atoms with Crippen LogP contribution in [0.25, 0.3) is 10.9 Å². The van der Waals surface area contributed by atoms with Gasteiger partial charge in [0.05, 0.1) is 11.2 Å². The molecule has 0 aliphatic carbocycles. The number of rotatable bonds is 2. The standard InChI is InChI=1S/C15H16N4O2/c1-19-13(20)6-5-12(15(19)21)18-11-7-8-17-14-9(11)3-2-4-10(14)16/h2-4,7-8,12H,5-6,16H2,1H3,(H,17,18). The van der Waals surface area contributed by atoms with Gasteiger partial charge < -0.3 is 11.1 Å². The maximum absolute atomic E-state index is 12.1. The molecule has 0 radical (unpaired) electrons. The number of benzene rings is 1. The van der Waals surface area contributed by atoms with Crippen molar-refractivity contribution >= 4 is 34.1 Å². The van der Waals surface area contributed by atoms with Crippen molar-refractivity contribution in [2.75, 3.05) is 18.1 Å². The Kier molecular flexibility index (Phi) is 3.21. The van der Waals surface area contributed by atoms with Gasteiger partial charge in [0.25, 0.3) is 5.91 Å². The van der Waals surface area contributed by atoms with Crippen molar-refractivity contribution in [3.8, 4) is 0 Å². The number of nitrogens with one attached hydrogen (secondary N) is 1. The molecule has 1 fully saturated rings. The van der Waals surface area contributed by atoms with Crippen LogP contribution in [-0.4, -0.2) is 34.8 Å². The van der Waals surface area contributed by atoms with Gasteiger partial charge in [0.1, 0.15) is 6.04 Å². The highest BCUT2D eigenvalue weighted by molar-refractivity contribution is 6.03. The number of likely N-dealkylation sites (N-methyl/N-ethyl adjacent to an activating group) is 1. The lowest BCUT2D eigenvalue weighted by Gasteiger charge is -2.29. The van der Waals surface area contributed by atoms with Gasteiger partial charge in [-0.15, -0.1) is 0 Å². The number of likely N-dealkylation sites (tertiary alicyclic amines) is 1. The highest BCUT2D eigenvalue weighted by atomic mass is 16.2. The first kappa shape index (κ1) is 13.4. The number of amides is 2. The predicted octanol–water partition coefficient (Wildman–Crippen LogP) is 1.38. The molecule has 1 unspecified atom stereocenters. The number of para-hydroxylation sites is 1. The number of nitrogens with zero attached hydrogens (tertiary/aromatic N) is 2. The fourth-order valence-corrected chi connectivity index (χ4v) is 2.56. The molecule has 2 heterocycles. The van der Waals surface area contributed by atoms with Crippen LogP contribution in [0.2, 0.25) is 0 Å². The number of fused-ring (bicyclic) bond motifs is 1. The Morgan fingerprint density at radius 2 is 2.14 bits per heavy atom. The van der Waals surface area contributed by atoms with Crippen LogP contribution in [0.3, 0.4) is 0 Å². The summed E-state index contributed by atoms with van der Waals surface area (Å²) in [4.78, 5) is 29.1. The van der Waals surface area contributed by atoms with Gasteiger partial charge in [0.15, 0.2) is 0 Å². The van der Waals surface area contributed by atoms with Crippen LogP contribution in [0.15, 0.2) is 30.5 Å². The molecule has 0 bridgehead atoms. The van der Waals surface area contributed by atoms with Crippen molar-refractivity contribution in [3.63, 3.8) is 0 Å². The van der Waals surface area contributed by atoms with E-state index in [0.717, 1.165) is 11.1 Å². The summed E-state index contributed by atoms with van der Waals surface area (Å²) in [7, 11) is 1.52. The molecule has 1 saturated heterocycles. The molecule has 0 saturated carbocycles. The molecule has 3 rings (SSSR count). The van der Waals surface area contributed by atoms with Gasteiger partial charge in [-0.05, 0) is 18.6 Å². The van der Waals surface area contributed by atoms with Crippen LogP contribution in [0.1, 0.15) is 12.8 Å². The third-order valence-electron chi connectivity index (χ3n) is 3.78. The fraction of sp³-hybridized carbons (Fsp3) is 0.267. The van der Waals surface area contributed by atoms with Gasteiger partial charge in [-0.25, -0.2) is 0 Å². The second-order valence-corrected chi connectivity index (χ2v) is 5.13. The van der Waals surface area contributed by atoms with Gasteiger partial charge in [-0.3, -0.25) is 19.5 Å². The summed E-state index contributed by atoms with van der Waals surface area (Å²) in [6.45, 7) is 0. The van der Waals surface area contributed by atoms with Crippen LogP contribution in [-0.2, 0) is 9.59 Å². The van der Waals surface area contributed by atoms with Gasteiger partial charge in [0, 0.05) is 30.7 Å². The van der Waals surface area contributed by atoms with E-state index < -0.39 is 6.04 Å². The number of anilines is 2. The molecule has 0 spiro atoms. The SMILES string of the molecule is CN1C(=O)CCC(Nc2ccnc3c(N)cccc23)C1=O. The zero-order valence-electron chi connectivity index (χ0n) is 11.7. The van der Waals surface area contributed by atoms with Gasteiger partial charge in [0.2, 0.25) is 5.91 Å². The Morgan fingerprint density at radius 1 is 1.33 bits per heavy atom. The van der Waals surface area contributed by atoms with E-state index in [-0.39, 0.29) is 11.8 Å². The van der Waals surface area contributed by atoms with Crippen LogP contribution in [0.5, 0.6) is 0 Å². The summed E-state index contributed by atoms with van der Waals surface area (Å²) in [6.07, 6.45) is 2.52. The van der Waals surface area contributed by atoms with E-state index in [1.807, 2.05) is 18.2 Å². The number of piperidine rings is 1. The van der Waals surface area contributed by atoms with E-state index in [1.165, 1.54) is 11.9 Å². The Morgan fingerprint density at radius 3 is 2.95 bits per heavy atom. The van der Waals surface area contributed by atoms with Crippen LogP contribution in [0, 0.1) is 0 Å². The molecular weight excluding hydrogens is 268 g/mol. The summed E-state index contributed by atoms with van der Waals surface area (Å²) in [5.74, 6) is -0.345. The second-order valence-electron chi connectivity index (χ2n) is 5.13. The van der Waals surface area contributed by atoms with Crippen molar-refractivity contribution in [1.82, 2.24) is 9.88 Å². The second kappa shape index (κ2) is 5.05. The monoisotopic (exact) mass is 284 g/mol. The van der Waals surface area contributed by atoms with Gasteiger partial charge >= 0.3 is 0 Å². The highest BCUT2D eigenvalue weighted by Gasteiger charge is 2.31. The lowest BCUT2D eigenvalue weighted by molar-refractivity contribution is -0.146. The van der Waals surface area contributed by atoms with Crippen LogP contribution in [0.4, 0.5) is 11.4 Å². The van der Waals surface area contributed by atoms with E-state index in [9.17, 15) is 9.59 Å². The summed E-state index contributed by atoms with van der Waals surface area (Å²) < 4.78 is 0. The van der Waals surface area contributed by atoms with Crippen molar-refractivity contribution in [3.05, 3.63) is 30.5 Å². The number of nitrogens with two attached hydrogens (primary N) is 1. The average molecular weight is 284 g/mol. The van der Waals surface area contributed by atoms with E-state index >= 15 is 0 Å². The lowest BCUT2D eigenvalue weighted by atomic mass is 10.0. The molecule has 3 N–H and O–H groups in total. The van der Waals surface area contributed by atoms with Crippen LogP contribution >= 0.6 is 0 Å². The average Bonchev–Trinajstić information content (AvgIpc) is 2.49. The minimum Gasteiger partial charge on any atom is -0.397 e. The highest BCUT2D eigenvalue weighted by Crippen LogP contribution is 2.27. The quantitative estimate of drug-likeness (QED) is 0.642. The molecule has 6 heteroatoms. The molecule has 2 amide bonds. The summed E-state index contributed by atoms with van der Waals surface area (Å²) in [5, 5.41) is 4.08. The predicted molar refractivity (Wildman–Crippen MR) is 80.6 cm³/mol. The molecule has 1 aliphatic rings. The molecule has 108 valence electrons. The molecule has 2 aromatic rings. The Balaban J connectivity index is 1.94. The Hall–Kier alpha value is -2.63. The van der Waals surface area contributed by atoms with Crippen molar-refractivity contribution < 1.29 is 9.59 Å². The van der Waals surface area contributed by atoms with E-state index in [4.69, 9.17) is 5.73 Å². The minimum atomic E-state index is -0.403. The number of aromatic nitrogens is 1. The smallest absolute Gasteiger partial charge is 0.251 e. The topological polar surface area (TPSA) is 88.3 Å². The maximum Gasteiger partial charge on any atom is 0.251 e. The molecule has 6 nitrogen and oxygen atoms in total. The first-order valence-corrected chi connectivity index (χ1v) is 6.78. The van der Waals surface area contributed by atoms with Gasteiger partial charge in [-0.2, -0.15) is 0 Å². The normalized spacial score (nSPS) is 19.1. The third kappa shape index (κ3) is 2.29. The molecule has 1 aromatic heterocycles. The summed E-state index contributed by atoms with van der Waals surface area (Å²) in [6, 6.07) is 6.95. The zero-order valence-corrected chi connectivity index (χ0v) is 11.7. The van der Waals surface area contributed by atoms with Crippen LogP contribution < -0.4 is 11.1 Å². The minimum absolute atomic E-state index is 0.137. The molecule has 1 aromatic carbocycles. The Bertz CT molecular complexity index is 729. The fourth-order valence-electron chi connectivity index (χ4n) is 2.56. The van der Waals surface area contributed by atoms with Crippen molar-refractivity contribution in [1.29, 1.82) is 0 Å². The maximum atomic E-state index is 12.1. The third-order valence-corrected chi connectivity index (χ3v) is 3.78. The van der Waals surface area contributed by atoms with E-state index in [0.29, 0.717) is 24.0 Å². The molecule has 21 heavy (non-hydrogen) atoms. The summed E-state index contributed by atoms with van der Waals surface area (Å²) >= 11 is 0. The lowest BCUT2D eigenvalue weighted by Crippen LogP contribution is -2.48. The number of carbonyl (C=O) groups is 2. The molecular formula is C15H16N4O2.